The Morgan fingerprint density at radius 1 is 1.17 bits per heavy atom. The van der Waals surface area contributed by atoms with Gasteiger partial charge >= 0.3 is 0 Å². The number of anilines is 1. The predicted molar refractivity (Wildman–Crippen MR) is 66.1 cm³/mol. The summed E-state index contributed by atoms with van der Waals surface area (Å²) in [5.74, 6) is 0.902. The predicted octanol–water partition coefficient (Wildman–Crippen LogP) is 1.25. The van der Waals surface area contributed by atoms with E-state index in [0.29, 0.717) is 5.75 Å². The highest BCUT2D eigenvalue weighted by atomic mass is 32.2. The second-order valence-electron chi connectivity index (χ2n) is 3.65. The van der Waals surface area contributed by atoms with Crippen LogP contribution in [-0.4, -0.2) is 24.9 Å². The zero-order valence-electron chi connectivity index (χ0n) is 9.57. The van der Waals surface area contributed by atoms with Crippen molar-refractivity contribution in [1.82, 2.24) is 10.2 Å². The lowest BCUT2D eigenvalue weighted by Crippen LogP contribution is -1.98. The fourth-order valence-corrected chi connectivity index (χ4v) is 1.93. The smallest absolute Gasteiger partial charge is 0.238 e. The maximum atomic E-state index is 11.4. The van der Waals surface area contributed by atoms with E-state index in [4.69, 9.17) is 10.5 Å². The molecule has 1 aromatic carbocycles. The zero-order valence-corrected chi connectivity index (χ0v) is 10.4. The highest BCUT2D eigenvalue weighted by molar-refractivity contribution is 7.90. The summed E-state index contributed by atoms with van der Waals surface area (Å²) in [5, 5.41) is 7.35. The van der Waals surface area contributed by atoms with Gasteiger partial charge in [0.25, 0.3) is 0 Å². The van der Waals surface area contributed by atoms with E-state index < -0.39 is 9.84 Å². The molecule has 1 aromatic heterocycles. The lowest BCUT2D eigenvalue weighted by Gasteiger charge is -2.05. The molecule has 18 heavy (non-hydrogen) atoms. The van der Waals surface area contributed by atoms with Gasteiger partial charge in [-0.05, 0) is 24.3 Å². The van der Waals surface area contributed by atoms with Crippen LogP contribution in [0.25, 0.3) is 0 Å². The van der Waals surface area contributed by atoms with Crippen LogP contribution in [0.3, 0.4) is 0 Å². The van der Waals surface area contributed by atoms with Gasteiger partial charge in [-0.1, -0.05) is 6.07 Å². The third-order valence-electron chi connectivity index (χ3n) is 2.12. The summed E-state index contributed by atoms with van der Waals surface area (Å²) in [7, 11) is -3.26. The Morgan fingerprint density at radius 2 is 1.94 bits per heavy atom. The number of nitrogens with two attached hydrogens (primary N) is 1. The van der Waals surface area contributed by atoms with Gasteiger partial charge in [0.1, 0.15) is 11.6 Å². The molecule has 0 saturated heterocycles. The first-order valence-corrected chi connectivity index (χ1v) is 6.91. The van der Waals surface area contributed by atoms with Gasteiger partial charge in [-0.3, -0.25) is 0 Å². The fraction of sp³-hybridized carbons (Fsp3) is 0.0909. The molecular weight excluding hydrogens is 254 g/mol. The minimum Gasteiger partial charge on any atom is -0.437 e. The molecule has 0 atom stereocenters. The molecule has 0 aliphatic heterocycles. The van der Waals surface area contributed by atoms with Gasteiger partial charge in [-0.2, -0.15) is 0 Å². The third-order valence-corrected chi connectivity index (χ3v) is 3.23. The Kier molecular flexibility index (Phi) is 3.15. The van der Waals surface area contributed by atoms with E-state index in [-0.39, 0.29) is 16.6 Å². The van der Waals surface area contributed by atoms with Crippen LogP contribution in [0.4, 0.5) is 5.82 Å². The van der Waals surface area contributed by atoms with Gasteiger partial charge in [0.15, 0.2) is 9.84 Å². The van der Waals surface area contributed by atoms with Crippen LogP contribution in [0, 0.1) is 0 Å². The maximum absolute atomic E-state index is 11.4. The number of ether oxygens (including phenoxy) is 1. The Labute approximate surface area is 104 Å². The van der Waals surface area contributed by atoms with E-state index in [1.165, 1.54) is 12.1 Å². The van der Waals surface area contributed by atoms with Crippen molar-refractivity contribution in [2.45, 2.75) is 4.90 Å². The number of hydrogen-bond acceptors (Lipinski definition) is 6. The monoisotopic (exact) mass is 265 g/mol. The normalized spacial score (nSPS) is 11.2. The molecule has 0 saturated carbocycles. The molecule has 0 radical (unpaired) electrons. The van der Waals surface area contributed by atoms with Crippen molar-refractivity contribution in [2.24, 2.45) is 0 Å². The van der Waals surface area contributed by atoms with Crippen molar-refractivity contribution in [1.29, 1.82) is 0 Å². The summed E-state index contributed by atoms with van der Waals surface area (Å²) in [6, 6.07) is 9.24. The van der Waals surface area contributed by atoms with Gasteiger partial charge in [0.2, 0.25) is 5.88 Å². The average molecular weight is 265 g/mol. The SMILES string of the molecule is CS(=O)(=O)c1cccc(Oc2ccc(N)nn2)c1. The Bertz CT molecular complexity index is 653. The minimum absolute atomic E-state index is 0.184. The summed E-state index contributed by atoms with van der Waals surface area (Å²) in [6.45, 7) is 0. The second kappa shape index (κ2) is 4.61. The number of hydrogen-bond donors (Lipinski definition) is 1. The first kappa shape index (κ1) is 12.3. The van der Waals surface area contributed by atoms with E-state index >= 15 is 0 Å². The van der Waals surface area contributed by atoms with Gasteiger partial charge in [-0.15, -0.1) is 10.2 Å². The molecule has 7 heteroatoms. The van der Waals surface area contributed by atoms with E-state index in [9.17, 15) is 8.42 Å². The first-order chi connectivity index (χ1) is 8.45. The topological polar surface area (TPSA) is 95.2 Å². The molecule has 0 fully saturated rings. The molecule has 2 aromatic rings. The van der Waals surface area contributed by atoms with Crippen LogP contribution in [-0.2, 0) is 9.84 Å². The first-order valence-electron chi connectivity index (χ1n) is 5.02. The molecule has 6 nitrogen and oxygen atoms in total. The number of benzene rings is 1. The van der Waals surface area contributed by atoms with Crippen molar-refractivity contribution in [3.63, 3.8) is 0 Å². The van der Waals surface area contributed by atoms with Crippen LogP contribution in [0.2, 0.25) is 0 Å². The molecule has 2 N–H and O–H groups in total. The molecule has 0 aliphatic carbocycles. The van der Waals surface area contributed by atoms with E-state index in [2.05, 4.69) is 10.2 Å². The lowest BCUT2D eigenvalue weighted by atomic mass is 10.3. The molecule has 0 bridgehead atoms. The standard InChI is InChI=1S/C11H11N3O3S/c1-18(15,16)9-4-2-3-8(7-9)17-11-6-5-10(12)13-14-11/h2-7H,1H3,(H2,12,13). The van der Waals surface area contributed by atoms with Gasteiger partial charge < -0.3 is 10.5 Å². The Balaban J connectivity index is 2.27. The largest absolute Gasteiger partial charge is 0.437 e. The molecule has 94 valence electrons. The van der Waals surface area contributed by atoms with E-state index in [0.717, 1.165) is 6.26 Å². The average Bonchev–Trinajstić information content (AvgIpc) is 2.31. The van der Waals surface area contributed by atoms with Crippen LogP contribution in [0.5, 0.6) is 11.6 Å². The van der Waals surface area contributed by atoms with Crippen molar-refractivity contribution in [3.8, 4) is 11.6 Å². The summed E-state index contributed by atoms with van der Waals surface area (Å²) in [5.41, 5.74) is 5.39. The lowest BCUT2D eigenvalue weighted by molar-refractivity contribution is 0.454. The Hall–Kier alpha value is -2.15. The highest BCUT2D eigenvalue weighted by Gasteiger charge is 2.08. The van der Waals surface area contributed by atoms with Crippen molar-refractivity contribution >= 4 is 15.7 Å². The van der Waals surface area contributed by atoms with Crippen molar-refractivity contribution in [3.05, 3.63) is 36.4 Å². The molecule has 2 rings (SSSR count). The van der Waals surface area contributed by atoms with Crippen LogP contribution in [0.15, 0.2) is 41.3 Å². The molecule has 0 aliphatic rings. The number of aromatic nitrogens is 2. The Morgan fingerprint density at radius 3 is 2.56 bits per heavy atom. The summed E-state index contributed by atoms with van der Waals surface area (Å²) in [4.78, 5) is 0.184. The number of rotatable bonds is 3. The molecule has 1 heterocycles. The quantitative estimate of drug-likeness (QED) is 0.897. The molecule has 0 amide bonds. The molecule has 0 unspecified atom stereocenters. The maximum Gasteiger partial charge on any atom is 0.238 e. The third kappa shape index (κ3) is 2.95. The molecule has 0 spiro atoms. The van der Waals surface area contributed by atoms with E-state index in [1.807, 2.05) is 0 Å². The fourth-order valence-electron chi connectivity index (χ4n) is 1.27. The summed E-state index contributed by atoms with van der Waals surface area (Å²) in [6.07, 6.45) is 1.13. The van der Waals surface area contributed by atoms with Crippen molar-refractivity contribution in [2.75, 3.05) is 12.0 Å². The zero-order chi connectivity index (χ0) is 13.2. The summed E-state index contributed by atoms with van der Waals surface area (Å²) < 4.78 is 28.1. The van der Waals surface area contributed by atoms with Crippen LogP contribution < -0.4 is 10.5 Å². The van der Waals surface area contributed by atoms with Crippen LogP contribution >= 0.6 is 0 Å². The number of nitrogens with zero attached hydrogens (tertiary/aromatic N) is 2. The van der Waals surface area contributed by atoms with Gasteiger partial charge in [-0.25, -0.2) is 8.42 Å². The van der Waals surface area contributed by atoms with Crippen molar-refractivity contribution < 1.29 is 13.2 Å². The second-order valence-corrected chi connectivity index (χ2v) is 5.66. The van der Waals surface area contributed by atoms with Crippen LogP contribution in [0.1, 0.15) is 0 Å². The highest BCUT2D eigenvalue weighted by Crippen LogP contribution is 2.22. The van der Waals surface area contributed by atoms with E-state index in [1.54, 1.807) is 24.3 Å². The number of sulfone groups is 1. The minimum atomic E-state index is -3.26. The summed E-state index contributed by atoms with van der Waals surface area (Å²) >= 11 is 0. The van der Waals surface area contributed by atoms with Gasteiger partial charge in [0.05, 0.1) is 4.90 Å². The molecular formula is C11H11N3O3S. The number of nitrogen functional groups attached to an aromatic ring is 1. The van der Waals surface area contributed by atoms with Gasteiger partial charge in [0, 0.05) is 12.3 Å².